The van der Waals surface area contributed by atoms with Gasteiger partial charge >= 0.3 is 0 Å². The monoisotopic (exact) mass is 312 g/mol. The number of ether oxygens (including phenoxy) is 1. The average Bonchev–Trinajstić information content (AvgIpc) is 2.92. The Bertz CT molecular complexity index is 895. The maximum Gasteiger partial charge on any atom is 0.216 e. The Morgan fingerprint density at radius 1 is 1.27 bits per heavy atom. The molecule has 1 aromatic heterocycles. The van der Waals surface area contributed by atoms with E-state index in [4.69, 9.17) is 17.0 Å². The van der Waals surface area contributed by atoms with Gasteiger partial charge in [0.15, 0.2) is 5.82 Å². The molecule has 0 aliphatic carbocycles. The van der Waals surface area contributed by atoms with Gasteiger partial charge in [-0.3, -0.25) is 5.10 Å². The van der Waals surface area contributed by atoms with Crippen molar-refractivity contribution in [1.82, 2.24) is 14.9 Å². The molecular weight excluding hydrogens is 296 g/mol. The summed E-state index contributed by atoms with van der Waals surface area (Å²) in [4.78, 5) is 0. The number of fused-ring (bicyclic) bond motifs is 1. The Kier molecular flexibility index (Phi) is 4.02. The third-order valence-corrected chi connectivity index (χ3v) is 3.69. The number of methoxy groups -OCH3 is 1. The van der Waals surface area contributed by atoms with Gasteiger partial charge in [0.25, 0.3) is 0 Å². The summed E-state index contributed by atoms with van der Waals surface area (Å²) in [6.45, 7) is 2.01. The van der Waals surface area contributed by atoms with Gasteiger partial charge in [-0.2, -0.15) is 14.9 Å². The lowest BCUT2D eigenvalue weighted by molar-refractivity contribution is 0.415. The molecule has 0 atom stereocenters. The van der Waals surface area contributed by atoms with Gasteiger partial charge < -0.3 is 4.74 Å². The molecular formula is C16H16N4OS. The lowest BCUT2D eigenvalue weighted by Crippen LogP contribution is -1.97. The molecule has 1 heterocycles. The second-order valence-electron chi connectivity index (χ2n) is 4.83. The molecule has 0 aliphatic heterocycles. The van der Waals surface area contributed by atoms with Crippen LogP contribution in [0.5, 0.6) is 5.75 Å². The van der Waals surface area contributed by atoms with Gasteiger partial charge in [0, 0.05) is 6.42 Å². The number of hydrogen-bond donors (Lipinski definition) is 1. The molecule has 2 aromatic carbocycles. The van der Waals surface area contributed by atoms with E-state index in [9.17, 15) is 0 Å². The van der Waals surface area contributed by atoms with Gasteiger partial charge in [0.1, 0.15) is 5.75 Å². The number of aromatic amines is 1. The van der Waals surface area contributed by atoms with E-state index in [1.54, 1.807) is 18.0 Å². The zero-order chi connectivity index (χ0) is 15.5. The maximum atomic E-state index is 5.24. The van der Waals surface area contributed by atoms with Crippen molar-refractivity contribution in [2.24, 2.45) is 5.10 Å². The second-order valence-corrected chi connectivity index (χ2v) is 5.21. The average molecular weight is 312 g/mol. The normalized spacial score (nSPS) is 11.4. The van der Waals surface area contributed by atoms with Crippen LogP contribution in [-0.2, 0) is 6.42 Å². The number of nitrogens with one attached hydrogen (secondary N) is 1. The van der Waals surface area contributed by atoms with Gasteiger partial charge in [0.2, 0.25) is 4.77 Å². The lowest BCUT2D eigenvalue weighted by Gasteiger charge is -2.03. The molecule has 112 valence electrons. The number of aryl methyl sites for hydroxylation is 1. The number of nitrogens with zero attached hydrogens (tertiary/aromatic N) is 3. The quantitative estimate of drug-likeness (QED) is 0.592. The molecule has 0 saturated carbocycles. The van der Waals surface area contributed by atoms with Crippen molar-refractivity contribution in [3.8, 4) is 5.75 Å². The fourth-order valence-corrected chi connectivity index (χ4v) is 2.44. The minimum absolute atomic E-state index is 0.499. The Balaban J connectivity index is 1.95. The van der Waals surface area contributed by atoms with Crippen LogP contribution in [0.1, 0.15) is 18.3 Å². The van der Waals surface area contributed by atoms with E-state index in [1.807, 2.05) is 31.2 Å². The predicted octanol–water partition coefficient (Wildman–Crippen LogP) is 3.55. The molecule has 3 aromatic rings. The third kappa shape index (κ3) is 2.78. The highest BCUT2D eigenvalue weighted by atomic mass is 32.1. The van der Waals surface area contributed by atoms with Crippen LogP contribution in [-0.4, -0.2) is 28.2 Å². The van der Waals surface area contributed by atoms with E-state index in [0.29, 0.717) is 4.77 Å². The lowest BCUT2D eigenvalue weighted by atomic mass is 10.1. The van der Waals surface area contributed by atoms with E-state index in [2.05, 4.69) is 27.4 Å². The van der Waals surface area contributed by atoms with E-state index < -0.39 is 0 Å². The standard InChI is InChI=1S/C16H16N4OS/c1-3-15-18-19-16(22)20(15)17-10-11-4-5-13-9-14(21-2)7-6-12(13)8-11/h4-10H,3H2,1-2H3,(H,19,22)/b17-10-. The summed E-state index contributed by atoms with van der Waals surface area (Å²) in [5, 5.41) is 13.6. The second kappa shape index (κ2) is 6.11. The Morgan fingerprint density at radius 2 is 2.05 bits per heavy atom. The molecule has 0 saturated heterocycles. The first-order valence-corrected chi connectivity index (χ1v) is 7.40. The van der Waals surface area contributed by atoms with Crippen molar-refractivity contribution in [2.45, 2.75) is 13.3 Å². The van der Waals surface area contributed by atoms with Crippen molar-refractivity contribution < 1.29 is 4.74 Å². The minimum Gasteiger partial charge on any atom is -0.497 e. The summed E-state index contributed by atoms with van der Waals surface area (Å²) in [6, 6.07) is 12.1. The topological polar surface area (TPSA) is 55.2 Å². The molecule has 0 aliphatic rings. The summed E-state index contributed by atoms with van der Waals surface area (Å²) < 4.78 is 7.38. The molecule has 0 amide bonds. The summed E-state index contributed by atoms with van der Waals surface area (Å²) in [7, 11) is 1.67. The van der Waals surface area contributed by atoms with E-state index in [-0.39, 0.29) is 0 Å². The molecule has 0 spiro atoms. The smallest absolute Gasteiger partial charge is 0.216 e. The fraction of sp³-hybridized carbons (Fsp3) is 0.188. The van der Waals surface area contributed by atoms with Crippen LogP contribution in [0.15, 0.2) is 41.5 Å². The Labute approximate surface area is 133 Å². The molecule has 0 unspecified atom stereocenters. The molecule has 22 heavy (non-hydrogen) atoms. The van der Waals surface area contributed by atoms with E-state index in [0.717, 1.165) is 34.3 Å². The summed E-state index contributed by atoms with van der Waals surface area (Å²) in [5.41, 5.74) is 1.00. The number of rotatable bonds is 4. The number of benzene rings is 2. The molecule has 3 rings (SSSR count). The highest BCUT2D eigenvalue weighted by Gasteiger charge is 2.02. The fourth-order valence-electron chi connectivity index (χ4n) is 2.25. The van der Waals surface area contributed by atoms with Gasteiger partial charge in [0.05, 0.1) is 13.3 Å². The van der Waals surface area contributed by atoms with Gasteiger partial charge in [-0.25, -0.2) is 0 Å². The predicted molar refractivity (Wildman–Crippen MR) is 90.3 cm³/mol. The SMILES string of the molecule is CCc1n[nH]c(=S)n1/N=C\c1ccc2cc(OC)ccc2c1. The Hall–Kier alpha value is -2.47. The van der Waals surface area contributed by atoms with Gasteiger partial charge in [-0.1, -0.05) is 25.1 Å². The summed E-state index contributed by atoms with van der Waals surface area (Å²) >= 11 is 5.18. The zero-order valence-electron chi connectivity index (χ0n) is 12.4. The van der Waals surface area contributed by atoms with E-state index >= 15 is 0 Å². The highest BCUT2D eigenvalue weighted by Crippen LogP contribution is 2.21. The number of H-pyrrole nitrogens is 1. The molecule has 6 heteroatoms. The van der Waals surface area contributed by atoms with Crippen LogP contribution in [0.25, 0.3) is 10.8 Å². The first-order chi connectivity index (χ1) is 10.7. The molecule has 0 radical (unpaired) electrons. The van der Waals surface area contributed by atoms with Crippen molar-refractivity contribution >= 4 is 29.2 Å². The van der Waals surface area contributed by atoms with Crippen LogP contribution < -0.4 is 4.74 Å². The Morgan fingerprint density at radius 3 is 2.82 bits per heavy atom. The maximum absolute atomic E-state index is 5.24. The third-order valence-electron chi connectivity index (χ3n) is 3.43. The van der Waals surface area contributed by atoms with Crippen molar-refractivity contribution in [2.75, 3.05) is 7.11 Å². The first kappa shape index (κ1) is 14.5. The highest BCUT2D eigenvalue weighted by molar-refractivity contribution is 7.71. The van der Waals surface area contributed by atoms with Crippen molar-refractivity contribution in [1.29, 1.82) is 0 Å². The van der Waals surface area contributed by atoms with E-state index in [1.165, 1.54) is 0 Å². The van der Waals surface area contributed by atoms with Crippen molar-refractivity contribution in [3.05, 3.63) is 52.6 Å². The van der Waals surface area contributed by atoms with Crippen LogP contribution in [0.4, 0.5) is 0 Å². The van der Waals surface area contributed by atoms with Crippen LogP contribution >= 0.6 is 12.2 Å². The molecule has 5 nitrogen and oxygen atoms in total. The van der Waals surface area contributed by atoms with Crippen LogP contribution in [0, 0.1) is 4.77 Å². The number of aromatic nitrogens is 3. The van der Waals surface area contributed by atoms with Gasteiger partial charge in [-0.15, -0.1) is 0 Å². The first-order valence-electron chi connectivity index (χ1n) is 6.99. The molecule has 0 fully saturated rings. The van der Waals surface area contributed by atoms with Crippen molar-refractivity contribution in [3.63, 3.8) is 0 Å². The van der Waals surface area contributed by atoms with Crippen LogP contribution in [0.2, 0.25) is 0 Å². The summed E-state index contributed by atoms with van der Waals surface area (Å²) in [6.07, 6.45) is 2.55. The largest absolute Gasteiger partial charge is 0.497 e. The zero-order valence-corrected chi connectivity index (χ0v) is 13.2. The number of hydrogen-bond acceptors (Lipinski definition) is 4. The molecule has 0 bridgehead atoms. The van der Waals surface area contributed by atoms with Gasteiger partial charge in [-0.05, 0) is 46.8 Å². The minimum atomic E-state index is 0.499. The molecule has 1 N–H and O–H groups in total. The van der Waals surface area contributed by atoms with Crippen LogP contribution in [0.3, 0.4) is 0 Å². The summed E-state index contributed by atoms with van der Waals surface area (Å²) in [5.74, 6) is 1.66.